The first kappa shape index (κ1) is 24.2. The first-order valence-electron chi connectivity index (χ1n) is 10.8. The van der Waals surface area contributed by atoms with Crippen molar-refractivity contribution < 1.29 is 23.9 Å². The average molecular weight is 575 g/mol. The zero-order valence-electron chi connectivity index (χ0n) is 19.1. The number of benzene rings is 2. The number of likely N-dealkylation sites (N-methyl/N-ethyl adjacent to an activating group) is 1. The molecule has 0 bridgehead atoms. The number of carbonyl (C=O) groups excluding carboxylic acids is 3. The molecule has 2 aromatic rings. The molecular weight excluding hydrogens is 549 g/mol. The van der Waals surface area contributed by atoms with Gasteiger partial charge in [0.1, 0.15) is 29.7 Å². The standard InChI is InChI=1S/C25H26IN3O5/c1-5-11-34-23(31)19-20(22(30)29(2)3)28-21(14-7-6-8-16(12-14)33-4)25(19)17-13-15(26)9-10-18(17)27-24(25)32/h5-10,12-13,19-21,28H,1,11H2,2-4H3,(H,27,32)/t19-,20-,21+,25-/m0/s1. The minimum atomic E-state index is -1.42. The van der Waals surface area contributed by atoms with Crippen LogP contribution < -0.4 is 15.4 Å². The van der Waals surface area contributed by atoms with Gasteiger partial charge in [0, 0.05) is 23.4 Å². The van der Waals surface area contributed by atoms with E-state index in [9.17, 15) is 14.4 Å². The summed E-state index contributed by atoms with van der Waals surface area (Å²) in [6, 6.07) is 11.2. The second kappa shape index (κ2) is 9.38. The second-order valence-corrected chi connectivity index (χ2v) is 9.74. The molecule has 2 heterocycles. The fourth-order valence-corrected chi connectivity index (χ4v) is 5.48. The molecule has 0 radical (unpaired) electrons. The highest BCUT2D eigenvalue weighted by atomic mass is 127. The predicted octanol–water partition coefficient (Wildman–Crippen LogP) is 2.64. The fourth-order valence-electron chi connectivity index (χ4n) is 4.99. The van der Waals surface area contributed by atoms with Gasteiger partial charge in [0.2, 0.25) is 11.8 Å². The number of hydrogen-bond donors (Lipinski definition) is 2. The topological polar surface area (TPSA) is 97.0 Å². The van der Waals surface area contributed by atoms with Gasteiger partial charge in [-0.25, -0.2) is 0 Å². The van der Waals surface area contributed by atoms with Gasteiger partial charge in [-0.05, 0) is 64.0 Å². The monoisotopic (exact) mass is 575 g/mol. The first-order valence-corrected chi connectivity index (χ1v) is 11.8. The lowest BCUT2D eigenvalue weighted by molar-refractivity contribution is -0.154. The number of nitrogens with one attached hydrogen (secondary N) is 2. The van der Waals surface area contributed by atoms with Crippen LogP contribution in [0.15, 0.2) is 55.1 Å². The molecule has 34 heavy (non-hydrogen) atoms. The molecular formula is C25H26IN3O5. The number of methoxy groups -OCH3 is 1. The summed E-state index contributed by atoms with van der Waals surface area (Å²) < 4.78 is 11.8. The molecule has 2 amide bonds. The molecule has 4 rings (SSSR count). The summed E-state index contributed by atoms with van der Waals surface area (Å²) in [6.45, 7) is 3.58. The molecule has 2 N–H and O–H groups in total. The minimum Gasteiger partial charge on any atom is -0.497 e. The number of halogens is 1. The first-order chi connectivity index (χ1) is 16.2. The summed E-state index contributed by atoms with van der Waals surface area (Å²) >= 11 is 2.18. The van der Waals surface area contributed by atoms with Crippen LogP contribution in [0.3, 0.4) is 0 Å². The number of ether oxygens (including phenoxy) is 2. The molecule has 2 aliphatic rings. The zero-order chi connectivity index (χ0) is 24.6. The highest BCUT2D eigenvalue weighted by molar-refractivity contribution is 14.1. The Kier molecular flexibility index (Phi) is 6.68. The molecule has 0 saturated carbocycles. The maximum Gasteiger partial charge on any atom is 0.312 e. The number of fused-ring (bicyclic) bond motifs is 2. The Morgan fingerprint density at radius 3 is 2.68 bits per heavy atom. The summed E-state index contributed by atoms with van der Waals surface area (Å²) in [4.78, 5) is 42.2. The van der Waals surface area contributed by atoms with Gasteiger partial charge in [-0.3, -0.25) is 19.7 Å². The molecule has 2 aliphatic heterocycles. The normalized spacial score (nSPS) is 24.9. The molecule has 4 atom stereocenters. The molecule has 0 unspecified atom stereocenters. The van der Waals surface area contributed by atoms with Gasteiger partial charge in [-0.1, -0.05) is 24.8 Å². The third kappa shape index (κ3) is 3.76. The maximum absolute atomic E-state index is 13.9. The van der Waals surface area contributed by atoms with E-state index in [0.29, 0.717) is 17.0 Å². The summed E-state index contributed by atoms with van der Waals surface area (Å²) in [7, 11) is 4.80. The number of amides is 2. The summed E-state index contributed by atoms with van der Waals surface area (Å²) in [5.74, 6) is -1.83. The maximum atomic E-state index is 13.9. The number of esters is 1. The quantitative estimate of drug-likeness (QED) is 0.313. The van der Waals surface area contributed by atoms with E-state index in [4.69, 9.17) is 9.47 Å². The van der Waals surface area contributed by atoms with Crippen molar-refractivity contribution in [3.05, 3.63) is 69.8 Å². The number of nitrogens with zero attached hydrogens (tertiary/aromatic N) is 1. The highest BCUT2D eigenvalue weighted by Gasteiger charge is 2.68. The molecule has 0 aromatic heterocycles. The van der Waals surface area contributed by atoms with Crippen LogP contribution in [-0.2, 0) is 24.5 Å². The van der Waals surface area contributed by atoms with E-state index in [1.807, 2.05) is 36.4 Å². The number of carbonyl (C=O) groups is 3. The van der Waals surface area contributed by atoms with Crippen LogP contribution in [0.2, 0.25) is 0 Å². The second-order valence-electron chi connectivity index (χ2n) is 8.50. The van der Waals surface area contributed by atoms with Gasteiger partial charge < -0.3 is 19.7 Å². The van der Waals surface area contributed by atoms with Crippen LogP contribution in [0.25, 0.3) is 0 Å². The number of hydrogen-bond acceptors (Lipinski definition) is 6. The van der Waals surface area contributed by atoms with Gasteiger partial charge in [0.25, 0.3) is 0 Å². The van der Waals surface area contributed by atoms with E-state index in [2.05, 4.69) is 39.8 Å². The Morgan fingerprint density at radius 1 is 1.24 bits per heavy atom. The van der Waals surface area contributed by atoms with Crippen LogP contribution in [0.5, 0.6) is 5.75 Å². The van der Waals surface area contributed by atoms with Crippen LogP contribution >= 0.6 is 22.6 Å². The molecule has 9 heteroatoms. The largest absolute Gasteiger partial charge is 0.497 e. The van der Waals surface area contributed by atoms with Crippen LogP contribution in [-0.4, -0.2) is 56.5 Å². The smallest absolute Gasteiger partial charge is 0.312 e. The Balaban J connectivity index is 2.00. The lowest BCUT2D eigenvalue weighted by Crippen LogP contribution is -2.51. The van der Waals surface area contributed by atoms with Crippen molar-refractivity contribution in [1.29, 1.82) is 0 Å². The van der Waals surface area contributed by atoms with Gasteiger partial charge in [-0.15, -0.1) is 0 Å². The average Bonchev–Trinajstić information content (AvgIpc) is 3.33. The fraction of sp³-hybridized carbons (Fsp3) is 0.320. The number of rotatable bonds is 6. The molecule has 1 fully saturated rings. The SMILES string of the molecule is C=CCOC(=O)[C@@H]1[C@@H](C(=O)N(C)C)N[C@H](c2cccc(OC)c2)[C@@]12C(=O)Nc1ccc(I)cc12. The Hall–Kier alpha value is -2.92. The Labute approximate surface area is 211 Å². The summed E-state index contributed by atoms with van der Waals surface area (Å²) in [5.41, 5.74) is 0.563. The van der Waals surface area contributed by atoms with Gasteiger partial charge in [-0.2, -0.15) is 0 Å². The third-order valence-corrected chi connectivity index (χ3v) is 7.08. The zero-order valence-corrected chi connectivity index (χ0v) is 21.3. The lowest BCUT2D eigenvalue weighted by Gasteiger charge is -2.34. The van der Waals surface area contributed by atoms with Crippen molar-refractivity contribution in [3.63, 3.8) is 0 Å². The van der Waals surface area contributed by atoms with Crippen molar-refractivity contribution in [3.8, 4) is 5.75 Å². The highest BCUT2D eigenvalue weighted by Crippen LogP contribution is 2.56. The molecule has 2 aromatic carbocycles. The number of anilines is 1. The van der Waals surface area contributed by atoms with Gasteiger partial charge >= 0.3 is 5.97 Å². The van der Waals surface area contributed by atoms with E-state index < -0.39 is 29.4 Å². The molecule has 0 aliphatic carbocycles. The van der Waals surface area contributed by atoms with Crippen molar-refractivity contribution in [2.45, 2.75) is 17.5 Å². The molecule has 8 nitrogen and oxygen atoms in total. The lowest BCUT2D eigenvalue weighted by atomic mass is 9.65. The van der Waals surface area contributed by atoms with Gasteiger partial charge in [0.05, 0.1) is 13.2 Å². The van der Waals surface area contributed by atoms with Crippen LogP contribution in [0, 0.1) is 9.49 Å². The van der Waals surface area contributed by atoms with E-state index in [1.54, 1.807) is 27.3 Å². The van der Waals surface area contributed by atoms with E-state index in [0.717, 1.165) is 9.13 Å². The summed E-state index contributed by atoms with van der Waals surface area (Å²) in [6.07, 6.45) is 1.46. The minimum absolute atomic E-state index is 0.0289. The van der Waals surface area contributed by atoms with Crippen molar-refractivity contribution >= 4 is 46.1 Å². The third-order valence-electron chi connectivity index (χ3n) is 6.41. The van der Waals surface area contributed by atoms with E-state index in [-0.39, 0.29) is 18.4 Å². The van der Waals surface area contributed by atoms with Crippen LogP contribution in [0.4, 0.5) is 5.69 Å². The van der Waals surface area contributed by atoms with Gasteiger partial charge in [0.15, 0.2) is 0 Å². The van der Waals surface area contributed by atoms with Crippen molar-refractivity contribution in [2.24, 2.45) is 5.92 Å². The van der Waals surface area contributed by atoms with E-state index in [1.165, 1.54) is 11.0 Å². The Bertz CT molecular complexity index is 1170. The predicted molar refractivity (Wildman–Crippen MR) is 135 cm³/mol. The molecule has 178 valence electrons. The van der Waals surface area contributed by atoms with Crippen LogP contribution in [0.1, 0.15) is 17.2 Å². The Morgan fingerprint density at radius 2 is 2.00 bits per heavy atom. The van der Waals surface area contributed by atoms with Crippen molar-refractivity contribution in [2.75, 3.05) is 33.1 Å². The molecule has 1 saturated heterocycles. The summed E-state index contributed by atoms with van der Waals surface area (Å²) in [5, 5.41) is 6.28. The van der Waals surface area contributed by atoms with Crippen molar-refractivity contribution in [1.82, 2.24) is 10.2 Å². The molecule has 1 spiro atoms. The van der Waals surface area contributed by atoms with E-state index >= 15 is 0 Å².